The van der Waals surface area contributed by atoms with E-state index in [0.29, 0.717) is 0 Å². The summed E-state index contributed by atoms with van der Waals surface area (Å²) in [6, 6.07) is 0. The van der Waals surface area contributed by atoms with Crippen LogP contribution < -0.4 is 16.0 Å². The molecule has 0 bridgehead atoms. The highest BCUT2D eigenvalue weighted by Crippen LogP contribution is 1.68. The molecule has 1 heterocycles. The fraction of sp³-hybridized carbons (Fsp3) is 0.400. The number of carbonyl (C=O) groups is 2. The standard InChI is InChI=1S/C6H7NO2.C4H10N2/c1-3-5(8)7-6(9)4-2;1-2-6-4-3-5-1/h3-4H,1-2H2,(H,7,8,9);5-6H,1-4H2. The highest BCUT2D eigenvalue weighted by Gasteiger charge is 1.96. The molecule has 5 heteroatoms. The molecule has 0 aliphatic carbocycles. The summed E-state index contributed by atoms with van der Waals surface area (Å²) in [5.74, 6) is -1.03. The van der Waals surface area contributed by atoms with Gasteiger partial charge in [0.1, 0.15) is 0 Å². The molecule has 5 nitrogen and oxygen atoms in total. The lowest BCUT2D eigenvalue weighted by Crippen LogP contribution is -2.39. The zero-order valence-electron chi connectivity index (χ0n) is 8.71. The third kappa shape index (κ3) is 8.86. The lowest BCUT2D eigenvalue weighted by atomic mass is 10.4. The zero-order chi connectivity index (χ0) is 11.5. The van der Waals surface area contributed by atoms with Gasteiger partial charge in [-0.2, -0.15) is 0 Å². The van der Waals surface area contributed by atoms with Gasteiger partial charge < -0.3 is 10.6 Å². The van der Waals surface area contributed by atoms with Gasteiger partial charge in [-0.25, -0.2) is 0 Å². The Kier molecular flexibility index (Phi) is 8.22. The van der Waals surface area contributed by atoms with Gasteiger partial charge in [0.15, 0.2) is 0 Å². The Hall–Kier alpha value is -1.46. The number of hydrogen-bond acceptors (Lipinski definition) is 4. The van der Waals surface area contributed by atoms with Gasteiger partial charge in [-0.3, -0.25) is 14.9 Å². The van der Waals surface area contributed by atoms with Crippen molar-refractivity contribution in [2.75, 3.05) is 26.2 Å². The van der Waals surface area contributed by atoms with Crippen LogP contribution >= 0.6 is 0 Å². The maximum Gasteiger partial charge on any atom is 0.250 e. The maximum atomic E-state index is 10.3. The van der Waals surface area contributed by atoms with E-state index in [1.54, 1.807) is 0 Å². The van der Waals surface area contributed by atoms with E-state index in [9.17, 15) is 9.59 Å². The lowest BCUT2D eigenvalue weighted by Gasteiger charge is -2.11. The lowest BCUT2D eigenvalue weighted by molar-refractivity contribution is -0.125. The van der Waals surface area contributed by atoms with Crippen molar-refractivity contribution in [1.82, 2.24) is 16.0 Å². The smallest absolute Gasteiger partial charge is 0.250 e. The molecule has 0 radical (unpaired) electrons. The van der Waals surface area contributed by atoms with Gasteiger partial charge in [-0.05, 0) is 12.2 Å². The van der Waals surface area contributed by atoms with Crippen molar-refractivity contribution in [3.05, 3.63) is 25.3 Å². The number of nitrogens with one attached hydrogen (secondary N) is 3. The summed E-state index contributed by atoms with van der Waals surface area (Å²) in [5.41, 5.74) is 0. The van der Waals surface area contributed by atoms with Crippen LogP contribution in [0.3, 0.4) is 0 Å². The fourth-order valence-electron chi connectivity index (χ4n) is 0.827. The molecular weight excluding hydrogens is 194 g/mol. The van der Waals surface area contributed by atoms with E-state index in [1.807, 2.05) is 5.32 Å². The molecule has 3 N–H and O–H groups in total. The normalized spacial score (nSPS) is 14.1. The number of carbonyl (C=O) groups excluding carboxylic acids is 2. The third-order valence-electron chi connectivity index (χ3n) is 1.57. The monoisotopic (exact) mass is 211 g/mol. The van der Waals surface area contributed by atoms with Crippen LogP contribution in [0.25, 0.3) is 0 Å². The predicted octanol–water partition coefficient (Wildman–Crippen LogP) is -0.820. The highest BCUT2D eigenvalue weighted by molar-refractivity contribution is 6.04. The molecule has 0 aromatic carbocycles. The zero-order valence-corrected chi connectivity index (χ0v) is 8.71. The van der Waals surface area contributed by atoms with Gasteiger partial charge in [-0.15, -0.1) is 0 Å². The fourth-order valence-corrected chi connectivity index (χ4v) is 0.827. The topological polar surface area (TPSA) is 70.2 Å². The molecule has 84 valence electrons. The molecule has 1 saturated heterocycles. The molecule has 1 aliphatic heterocycles. The second-order valence-corrected chi connectivity index (χ2v) is 2.76. The molecule has 1 fully saturated rings. The summed E-state index contributed by atoms with van der Waals surface area (Å²) in [4.78, 5) is 20.6. The van der Waals surface area contributed by atoms with Crippen molar-refractivity contribution in [3.63, 3.8) is 0 Å². The third-order valence-corrected chi connectivity index (χ3v) is 1.57. The van der Waals surface area contributed by atoms with Crippen LogP contribution in [-0.4, -0.2) is 38.0 Å². The predicted molar refractivity (Wildman–Crippen MR) is 59.3 cm³/mol. The maximum absolute atomic E-state index is 10.3. The van der Waals surface area contributed by atoms with Crippen LogP contribution in [0.2, 0.25) is 0 Å². The largest absolute Gasteiger partial charge is 0.314 e. The molecule has 0 atom stereocenters. The van der Waals surface area contributed by atoms with Crippen LogP contribution in [-0.2, 0) is 9.59 Å². The average Bonchev–Trinajstić information content (AvgIpc) is 2.31. The van der Waals surface area contributed by atoms with Gasteiger partial charge in [-0.1, -0.05) is 13.2 Å². The molecule has 15 heavy (non-hydrogen) atoms. The summed E-state index contributed by atoms with van der Waals surface area (Å²) in [5, 5.41) is 8.41. The van der Waals surface area contributed by atoms with Crippen molar-refractivity contribution in [2.45, 2.75) is 0 Å². The Morgan fingerprint density at radius 2 is 1.27 bits per heavy atom. The number of amides is 2. The summed E-state index contributed by atoms with van der Waals surface area (Å²) in [7, 11) is 0. The molecule has 1 rings (SSSR count). The number of piperazine rings is 1. The highest BCUT2D eigenvalue weighted by atomic mass is 16.2. The number of imide groups is 1. The Labute approximate surface area is 89.6 Å². The summed E-state index contributed by atoms with van der Waals surface area (Å²) in [6.07, 6.45) is 2.03. The molecular formula is C10H17N3O2. The number of rotatable bonds is 2. The molecule has 0 saturated carbocycles. The van der Waals surface area contributed by atoms with E-state index < -0.39 is 11.8 Å². The number of hydrogen-bond donors (Lipinski definition) is 3. The first-order chi connectivity index (χ1) is 7.20. The Bertz CT molecular complexity index is 205. The summed E-state index contributed by atoms with van der Waals surface area (Å²) in [6.45, 7) is 10.9. The first-order valence-electron chi connectivity index (χ1n) is 4.72. The quantitative estimate of drug-likeness (QED) is 0.522. The van der Waals surface area contributed by atoms with Crippen LogP contribution in [0.5, 0.6) is 0 Å². The molecule has 1 aliphatic rings. The van der Waals surface area contributed by atoms with E-state index >= 15 is 0 Å². The van der Waals surface area contributed by atoms with E-state index in [-0.39, 0.29) is 0 Å². The average molecular weight is 211 g/mol. The van der Waals surface area contributed by atoms with Crippen LogP contribution in [0, 0.1) is 0 Å². The second-order valence-electron chi connectivity index (χ2n) is 2.76. The van der Waals surface area contributed by atoms with Crippen molar-refractivity contribution in [3.8, 4) is 0 Å². The summed E-state index contributed by atoms with van der Waals surface area (Å²) < 4.78 is 0. The van der Waals surface area contributed by atoms with Crippen molar-refractivity contribution < 1.29 is 9.59 Å². The molecule has 0 aromatic heterocycles. The Balaban J connectivity index is 0.000000280. The van der Waals surface area contributed by atoms with E-state index in [0.717, 1.165) is 38.3 Å². The van der Waals surface area contributed by atoms with Crippen molar-refractivity contribution >= 4 is 11.8 Å². The Morgan fingerprint density at radius 3 is 1.47 bits per heavy atom. The Morgan fingerprint density at radius 1 is 0.933 bits per heavy atom. The minimum atomic E-state index is -0.514. The summed E-state index contributed by atoms with van der Waals surface area (Å²) >= 11 is 0. The molecule has 0 aromatic rings. The van der Waals surface area contributed by atoms with Gasteiger partial charge in [0, 0.05) is 26.2 Å². The van der Waals surface area contributed by atoms with Gasteiger partial charge in [0.05, 0.1) is 0 Å². The molecule has 0 spiro atoms. The van der Waals surface area contributed by atoms with Gasteiger partial charge in [0.2, 0.25) is 11.8 Å². The van der Waals surface area contributed by atoms with Crippen LogP contribution in [0.1, 0.15) is 0 Å². The SMILES string of the molecule is C1CNCCN1.C=CC(=O)NC(=O)C=C. The van der Waals surface area contributed by atoms with Gasteiger partial charge in [0.25, 0.3) is 0 Å². The first-order valence-corrected chi connectivity index (χ1v) is 4.72. The van der Waals surface area contributed by atoms with Crippen LogP contribution in [0.4, 0.5) is 0 Å². The van der Waals surface area contributed by atoms with Crippen molar-refractivity contribution in [2.24, 2.45) is 0 Å². The van der Waals surface area contributed by atoms with E-state index in [1.165, 1.54) is 0 Å². The minimum absolute atomic E-state index is 0.514. The van der Waals surface area contributed by atoms with Crippen molar-refractivity contribution in [1.29, 1.82) is 0 Å². The molecule has 0 unspecified atom stereocenters. The van der Waals surface area contributed by atoms with E-state index in [4.69, 9.17) is 0 Å². The first kappa shape index (κ1) is 13.5. The molecule has 2 amide bonds. The van der Waals surface area contributed by atoms with E-state index in [2.05, 4.69) is 23.8 Å². The second kappa shape index (κ2) is 9.11. The van der Waals surface area contributed by atoms with Crippen LogP contribution in [0.15, 0.2) is 25.3 Å². The van der Waals surface area contributed by atoms with Gasteiger partial charge >= 0.3 is 0 Å². The minimum Gasteiger partial charge on any atom is -0.314 e.